The lowest BCUT2D eigenvalue weighted by atomic mass is 10.2. The minimum Gasteiger partial charge on any atom is -0.489 e. The molecule has 1 fully saturated rings. The lowest BCUT2D eigenvalue weighted by molar-refractivity contribution is 0.102. The Bertz CT molecular complexity index is 696. The Morgan fingerprint density at radius 1 is 1.26 bits per heavy atom. The summed E-state index contributed by atoms with van der Waals surface area (Å²) in [4.78, 5) is 16.6. The van der Waals surface area contributed by atoms with Gasteiger partial charge in [0.05, 0.1) is 11.8 Å². The van der Waals surface area contributed by atoms with E-state index in [9.17, 15) is 4.79 Å². The normalized spacial score (nSPS) is 13.7. The zero-order valence-corrected chi connectivity index (χ0v) is 13.4. The predicted molar refractivity (Wildman–Crippen MR) is 91.0 cm³/mol. The molecule has 2 N–H and O–H groups in total. The molecule has 120 valence electrons. The maximum atomic E-state index is 12.4. The van der Waals surface area contributed by atoms with Crippen LogP contribution in [0, 0.1) is 0 Å². The second-order valence-corrected chi connectivity index (χ2v) is 5.97. The predicted octanol–water partition coefficient (Wildman–Crippen LogP) is 3.70. The van der Waals surface area contributed by atoms with E-state index in [1.807, 2.05) is 44.2 Å². The number of nitrogens with zero attached hydrogens (tertiary/aromatic N) is 1. The summed E-state index contributed by atoms with van der Waals surface area (Å²) in [7, 11) is 0. The van der Waals surface area contributed by atoms with E-state index < -0.39 is 0 Å². The van der Waals surface area contributed by atoms with Crippen LogP contribution in [-0.2, 0) is 0 Å². The third kappa shape index (κ3) is 4.22. The van der Waals surface area contributed by atoms with Gasteiger partial charge in [-0.25, -0.2) is 0 Å². The highest BCUT2D eigenvalue weighted by atomic mass is 16.5. The van der Waals surface area contributed by atoms with Crippen LogP contribution in [0.3, 0.4) is 0 Å². The molecule has 1 aromatic carbocycles. The molecule has 1 aliphatic rings. The Morgan fingerprint density at radius 2 is 2.04 bits per heavy atom. The Kier molecular flexibility index (Phi) is 4.46. The summed E-state index contributed by atoms with van der Waals surface area (Å²) in [6.45, 7) is 3.90. The molecule has 3 rings (SSSR count). The molecule has 1 heterocycles. The lowest BCUT2D eigenvalue weighted by Gasteiger charge is -2.14. The number of carbonyl (C=O) groups excluding carboxylic acids is 1. The fraction of sp³-hybridized carbons (Fsp3) is 0.333. The highest BCUT2D eigenvalue weighted by Crippen LogP contribution is 2.26. The molecule has 5 nitrogen and oxygen atoms in total. The number of benzene rings is 1. The van der Waals surface area contributed by atoms with Crippen LogP contribution >= 0.6 is 0 Å². The van der Waals surface area contributed by atoms with Gasteiger partial charge in [0.2, 0.25) is 0 Å². The van der Waals surface area contributed by atoms with Gasteiger partial charge in [0.1, 0.15) is 11.4 Å². The van der Waals surface area contributed by atoms with Crippen molar-refractivity contribution in [3.63, 3.8) is 0 Å². The molecule has 1 saturated carbocycles. The van der Waals surface area contributed by atoms with Crippen LogP contribution in [0.15, 0.2) is 42.6 Å². The van der Waals surface area contributed by atoms with Gasteiger partial charge in [-0.15, -0.1) is 0 Å². The summed E-state index contributed by atoms with van der Waals surface area (Å²) >= 11 is 0. The minimum absolute atomic E-state index is 0.0391. The van der Waals surface area contributed by atoms with E-state index in [1.54, 1.807) is 12.3 Å². The van der Waals surface area contributed by atoms with Gasteiger partial charge in [-0.3, -0.25) is 9.78 Å². The first-order valence-electron chi connectivity index (χ1n) is 7.91. The van der Waals surface area contributed by atoms with E-state index in [4.69, 9.17) is 4.74 Å². The van der Waals surface area contributed by atoms with Crippen LogP contribution in [-0.4, -0.2) is 23.0 Å². The highest BCUT2D eigenvalue weighted by molar-refractivity contribution is 6.04. The summed E-state index contributed by atoms with van der Waals surface area (Å²) in [6.07, 6.45) is 4.06. The van der Waals surface area contributed by atoms with Gasteiger partial charge in [0.15, 0.2) is 0 Å². The number of aromatic nitrogens is 1. The molecule has 0 atom stereocenters. The Morgan fingerprint density at radius 3 is 2.78 bits per heavy atom. The first-order valence-corrected chi connectivity index (χ1v) is 7.91. The number of nitrogens with one attached hydrogen (secondary N) is 2. The zero-order chi connectivity index (χ0) is 16.2. The number of hydrogen-bond acceptors (Lipinski definition) is 4. The molecule has 2 aromatic rings. The Hall–Kier alpha value is -2.56. The van der Waals surface area contributed by atoms with Crippen molar-refractivity contribution >= 4 is 17.3 Å². The van der Waals surface area contributed by atoms with Gasteiger partial charge >= 0.3 is 0 Å². The molecule has 1 aliphatic carbocycles. The molecular formula is C18H21N3O2. The molecule has 0 saturated heterocycles. The van der Waals surface area contributed by atoms with E-state index in [-0.39, 0.29) is 12.0 Å². The molecule has 0 spiro atoms. The maximum Gasteiger partial charge on any atom is 0.274 e. The van der Waals surface area contributed by atoms with Crippen molar-refractivity contribution in [1.82, 2.24) is 4.98 Å². The second-order valence-electron chi connectivity index (χ2n) is 5.97. The average Bonchev–Trinajstić information content (AvgIpc) is 3.33. The highest BCUT2D eigenvalue weighted by Gasteiger charge is 2.21. The van der Waals surface area contributed by atoms with Crippen LogP contribution in [0.4, 0.5) is 11.4 Å². The van der Waals surface area contributed by atoms with E-state index >= 15 is 0 Å². The number of rotatable bonds is 6. The molecule has 5 heteroatoms. The number of para-hydroxylation sites is 2. The quantitative estimate of drug-likeness (QED) is 0.854. The minimum atomic E-state index is -0.246. The van der Waals surface area contributed by atoms with Crippen molar-refractivity contribution in [2.45, 2.75) is 38.8 Å². The van der Waals surface area contributed by atoms with Crippen molar-refractivity contribution in [2.24, 2.45) is 0 Å². The van der Waals surface area contributed by atoms with Gasteiger partial charge in [-0.05, 0) is 51.0 Å². The van der Waals surface area contributed by atoms with Gasteiger partial charge < -0.3 is 15.4 Å². The first-order chi connectivity index (χ1) is 11.1. The van der Waals surface area contributed by atoms with E-state index in [2.05, 4.69) is 15.6 Å². The Labute approximate surface area is 136 Å². The molecule has 1 amide bonds. The third-order valence-electron chi connectivity index (χ3n) is 3.44. The molecule has 0 aliphatic heterocycles. The number of ether oxygens (including phenoxy) is 1. The van der Waals surface area contributed by atoms with Crippen LogP contribution in [0.1, 0.15) is 37.2 Å². The van der Waals surface area contributed by atoms with Gasteiger partial charge in [0.25, 0.3) is 5.91 Å². The fourth-order valence-electron chi connectivity index (χ4n) is 2.22. The SMILES string of the molecule is CC(C)Oc1ccccc1NC(=O)c1cc(NC2CC2)ccn1. The molecule has 0 radical (unpaired) electrons. The largest absolute Gasteiger partial charge is 0.489 e. The number of hydrogen-bond donors (Lipinski definition) is 2. The first kappa shape index (κ1) is 15.3. The van der Waals surface area contributed by atoms with Crippen LogP contribution in [0.5, 0.6) is 5.75 Å². The van der Waals surface area contributed by atoms with Crippen LogP contribution in [0.25, 0.3) is 0 Å². The summed E-state index contributed by atoms with van der Waals surface area (Å²) in [5.74, 6) is 0.410. The topological polar surface area (TPSA) is 63.2 Å². The van der Waals surface area contributed by atoms with E-state index in [0.29, 0.717) is 23.2 Å². The molecule has 0 unspecified atom stereocenters. The number of pyridine rings is 1. The number of amides is 1. The summed E-state index contributed by atoms with van der Waals surface area (Å²) in [5, 5.41) is 6.24. The average molecular weight is 311 g/mol. The molecule has 0 bridgehead atoms. The molecule has 23 heavy (non-hydrogen) atoms. The standard InChI is InChI=1S/C18H21N3O2/c1-12(2)23-17-6-4-3-5-15(17)21-18(22)16-11-14(9-10-19-16)20-13-7-8-13/h3-6,9-13H,7-8H2,1-2H3,(H,19,20)(H,21,22). The van der Waals surface area contributed by atoms with Crippen molar-refractivity contribution < 1.29 is 9.53 Å². The zero-order valence-electron chi connectivity index (χ0n) is 13.4. The summed E-state index contributed by atoms with van der Waals surface area (Å²) < 4.78 is 5.72. The van der Waals surface area contributed by atoms with Crippen LogP contribution in [0.2, 0.25) is 0 Å². The van der Waals surface area contributed by atoms with Gasteiger partial charge in [-0.1, -0.05) is 12.1 Å². The van der Waals surface area contributed by atoms with Crippen LogP contribution < -0.4 is 15.4 Å². The smallest absolute Gasteiger partial charge is 0.274 e. The Balaban J connectivity index is 1.74. The fourth-order valence-corrected chi connectivity index (χ4v) is 2.22. The van der Waals surface area contributed by atoms with Crippen molar-refractivity contribution in [1.29, 1.82) is 0 Å². The third-order valence-corrected chi connectivity index (χ3v) is 3.44. The van der Waals surface area contributed by atoms with E-state index in [1.165, 1.54) is 12.8 Å². The maximum absolute atomic E-state index is 12.4. The molecular weight excluding hydrogens is 290 g/mol. The lowest BCUT2D eigenvalue weighted by Crippen LogP contribution is -2.16. The van der Waals surface area contributed by atoms with Crippen molar-refractivity contribution in [3.05, 3.63) is 48.3 Å². The number of anilines is 2. The summed E-state index contributed by atoms with van der Waals surface area (Å²) in [5.41, 5.74) is 1.96. The van der Waals surface area contributed by atoms with Gasteiger partial charge in [-0.2, -0.15) is 0 Å². The van der Waals surface area contributed by atoms with Crippen molar-refractivity contribution in [3.8, 4) is 5.75 Å². The monoisotopic (exact) mass is 311 g/mol. The van der Waals surface area contributed by atoms with E-state index in [0.717, 1.165) is 5.69 Å². The number of carbonyl (C=O) groups is 1. The second kappa shape index (κ2) is 6.69. The molecule has 1 aromatic heterocycles. The summed E-state index contributed by atoms with van der Waals surface area (Å²) in [6, 6.07) is 11.6. The van der Waals surface area contributed by atoms with Gasteiger partial charge in [0, 0.05) is 17.9 Å². The van der Waals surface area contributed by atoms with Crippen molar-refractivity contribution in [2.75, 3.05) is 10.6 Å².